The van der Waals surface area contributed by atoms with Gasteiger partial charge in [-0.2, -0.15) is 0 Å². The molecule has 29 heavy (non-hydrogen) atoms. The Morgan fingerprint density at radius 1 is 1.10 bits per heavy atom. The van der Waals surface area contributed by atoms with Crippen LogP contribution in [0.5, 0.6) is 11.5 Å². The second-order valence-electron chi connectivity index (χ2n) is 7.57. The Morgan fingerprint density at radius 3 is 2.69 bits per heavy atom. The molecule has 0 unspecified atom stereocenters. The number of phenolic OH excluding ortho intramolecular Hbond substituents is 1. The lowest BCUT2D eigenvalue weighted by molar-refractivity contribution is 0.142. The molecule has 152 valence electrons. The van der Waals surface area contributed by atoms with Crippen LogP contribution >= 0.6 is 0 Å². The summed E-state index contributed by atoms with van der Waals surface area (Å²) in [6.45, 7) is 4.29. The Labute approximate surface area is 170 Å². The first kappa shape index (κ1) is 19.3. The van der Waals surface area contributed by atoms with Crippen molar-refractivity contribution in [2.75, 3.05) is 32.8 Å². The first-order valence-corrected chi connectivity index (χ1v) is 10.2. The van der Waals surface area contributed by atoms with E-state index in [1.54, 1.807) is 29.0 Å². The molecule has 0 bridgehead atoms. The smallest absolute Gasteiger partial charge is 0.326 e. The van der Waals surface area contributed by atoms with Gasteiger partial charge in [-0.15, -0.1) is 0 Å². The number of phenols is 1. The number of nitrogens with zero attached hydrogens (tertiary/aromatic N) is 2. The summed E-state index contributed by atoms with van der Waals surface area (Å²) in [5.74, 6) is 1.72. The summed E-state index contributed by atoms with van der Waals surface area (Å²) >= 11 is 0. The van der Waals surface area contributed by atoms with Gasteiger partial charge in [0.25, 0.3) is 0 Å². The molecule has 6 nitrogen and oxygen atoms in total. The van der Waals surface area contributed by atoms with Crippen molar-refractivity contribution in [1.82, 2.24) is 14.8 Å². The van der Waals surface area contributed by atoms with E-state index in [1.807, 2.05) is 36.4 Å². The predicted molar refractivity (Wildman–Crippen MR) is 114 cm³/mol. The van der Waals surface area contributed by atoms with E-state index < -0.39 is 0 Å². The molecule has 1 saturated heterocycles. The number of likely N-dealkylation sites (tertiary alicyclic amines) is 1. The van der Waals surface area contributed by atoms with Gasteiger partial charge >= 0.3 is 6.03 Å². The molecule has 4 rings (SSSR count). The van der Waals surface area contributed by atoms with Crippen LogP contribution in [-0.2, 0) is 0 Å². The third-order valence-electron chi connectivity index (χ3n) is 5.53. The van der Waals surface area contributed by atoms with E-state index in [0.717, 1.165) is 55.7 Å². The van der Waals surface area contributed by atoms with Crippen LogP contribution in [0, 0.1) is 5.92 Å². The topological polar surface area (TPSA) is 66.7 Å². The van der Waals surface area contributed by atoms with Crippen molar-refractivity contribution in [2.24, 2.45) is 5.92 Å². The zero-order chi connectivity index (χ0) is 20.1. The first-order valence-electron chi connectivity index (χ1n) is 10.2. The van der Waals surface area contributed by atoms with Crippen molar-refractivity contribution in [2.45, 2.75) is 12.8 Å². The third-order valence-corrected chi connectivity index (χ3v) is 5.53. The van der Waals surface area contributed by atoms with Gasteiger partial charge in [0.05, 0.1) is 12.1 Å². The highest BCUT2D eigenvalue weighted by Gasteiger charge is 2.19. The van der Waals surface area contributed by atoms with Crippen LogP contribution in [0.3, 0.4) is 0 Å². The van der Waals surface area contributed by atoms with Crippen LogP contribution in [0.2, 0.25) is 0 Å². The van der Waals surface area contributed by atoms with Crippen molar-refractivity contribution in [1.29, 1.82) is 0 Å². The van der Waals surface area contributed by atoms with Gasteiger partial charge in [0.15, 0.2) is 0 Å². The Kier molecular flexibility index (Phi) is 6.00. The van der Waals surface area contributed by atoms with Gasteiger partial charge in [-0.1, -0.05) is 18.2 Å². The number of hydrogen-bond acceptors (Lipinski definition) is 4. The van der Waals surface area contributed by atoms with Gasteiger partial charge in [0, 0.05) is 24.7 Å². The number of aromatic nitrogens is 1. The molecule has 6 heteroatoms. The van der Waals surface area contributed by atoms with E-state index in [0.29, 0.717) is 12.5 Å². The zero-order valence-electron chi connectivity index (χ0n) is 16.5. The van der Waals surface area contributed by atoms with Gasteiger partial charge in [0.1, 0.15) is 11.5 Å². The highest BCUT2D eigenvalue weighted by molar-refractivity contribution is 5.92. The molecule has 0 aliphatic carbocycles. The van der Waals surface area contributed by atoms with E-state index in [2.05, 4.69) is 10.2 Å². The monoisotopic (exact) mass is 393 g/mol. The maximum absolute atomic E-state index is 12.5. The Morgan fingerprint density at radius 2 is 1.90 bits per heavy atom. The summed E-state index contributed by atoms with van der Waals surface area (Å²) in [7, 11) is 0. The van der Waals surface area contributed by atoms with Crippen LogP contribution in [0.15, 0.2) is 60.8 Å². The summed E-state index contributed by atoms with van der Waals surface area (Å²) < 4.78 is 7.47. The van der Waals surface area contributed by atoms with Crippen molar-refractivity contribution < 1.29 is 14.6 Å². The van der Waals surface area contributed by atoms with Gasteiger partial charge in [0.2, 0.25) is 0 Å². The molecule has 0 atom stereocenters. The van der Waals surface area contributed by atoms with Crippen LogP contribution in [0.4, 0.5) is 4.79 Å². The number of ether oxygens (including phenoxy) is 1. The number of nitrogens with one attached hydrogen (secondary N) is 1. The molecule has 1 amide bonds. The number of aromatic hydroxyl groups is 1. The fraction of sp³-hybridized carbons (Fsp3) is 0.348. The lowest BCUT2D eigenvalue weighted by Gasteiger charge is -2.31. The molecular weight excluding hydrogens is 366 g/mol. The van der Waals surface area contributed by atoms with Crippen LogP contribution in [0.1, 0.15) is 12.8 Å². The molecule has 1 aliphatic rings. The standard InChI is InChI=1S/C23H27N3O3/c27-20-6-7-22-19(16-20)10-14-26(22)23(28)24-11-15-25-12-8-18(9-13-25)17-29-21-4-2-1-3-5-21/h1-7,10,14,16,18,27H,8-9,11-13,15,17H2,(H,24,28). The summed E-state index contributed by atoms with van der Waals surface area (Å²) in [6.07, 6.45) is 3.97. The molecule has 2 heterocycles. The minimum atomic E-state index is -0.142. The fourth-order valence-electron chi connectivity index (χ4n) is 3.82. The van der Waals surface area contributed by atoms with E-state index in [4.69, 9.17) is 4.74 Å². The van der Waals surface area contributed by atoms with E-state index in [9.17, 15) is 9.90 Å². The van der Waals surface area contributed by atoms with Crippen LogP contribution in [-0.4, -0.2) is 53.4 Å². The number of para-hydroxylation sites is 1. The molecule has 0 saturated carbocycles. The maximum atomic E-state index is 12.5. The minimum Gasteiger partial charge on any atom is -0.508 e. The quantitative estimate of drug-likeness (QED) is 0.670. The van der Waals surface area contributed by atoms with Gasteiger partial charge in [-0.3, -0.25) is 4.57 Å². The SMILES string of the molecule is O=C(NCCN1CCC(COc2ccccc2)CC1)n1ccc2cc(O)ccc21. The number of piperidine rings is 1. The molecule has 2 N–H and O–H groups in total. The maximum Gasteiger partial charge on any atom is 0.326 e. The lowest BCUT2D eigenvalue weighted by Crippen LogP contribution is -2.41. The minimum absolute atomic E-state index is 0.142. The Bertz CT molecular complexity index is 946. The molecule has 1 aromatic heterocycles. The lowest BCUT2D eigenvalue weighted by atomic mass is 9.98. The molecule has 1 fully saturated rings. The van der Waals surface area contributed by atoms with Gasteiger partial charge in [-0.05, 0) is 68.2 Å². The third kappa shape index (κ3) is 4.90. The van der Waals surface area contributed by atoms with Crippen molar-refractivity contribution in [3.8, 4) is 11.5 Å². The largest absolute Gasteiger partial charge is 0.508 e. The summed E-state index contributed by atoms with van der Waals surface area (Å²) in [5.41, 5.74) is 0.791. The summed E-state index contributed by atoms with van der Waals surface area (Å²) in [4.78, 5) is 14.9. The number of carbonyl (C=O) groups is 1. The van der Waals surface area contributed by atoms with E-state index in [-0.39, 0.29) is 11.8 Å². The van der Waals surface area contributed by atoms with Crippen molar-refractivity contribution >= 4 is 16.9 Å². The van der Waals surface area contributed by atoms with Crippen LogP contribution in [0.25, 0.3) is 10.9 Å². The normalized spacial score (nSPS) is 15.4. The number of rotatable bonds is 6. The van der Waals surface area contributed by atoms with Crippen molar-refractivity contribution in [3.05, 3.63) is 60.8 Å². The van der Waals surface area contributed by atoms with Crippen LogP contribution < -0.4 is 10.1 Å². The molecule has 3 aromatic rings. The number of carbonyl (C=O) groups excluding carboxylic acids is 1. The van der Waals surface area contributed by atoms with E-state index in [1.165, 1.54) is 0 Å². The number of benzene rings is 2. The van der Waals surface area contributed by atoms with Gasteiger partial charge < -0.3 is 20.1 Å². The Balaban J connectivity index is 1.18. The first-order chi connectivity index (χ1) is 14.2. The average molecular weight is 393 g/mol. The highest BCUT2D eigenvalue weighted by Crippen LogP contribution is 2.21. The molecule has 0 spiro atoms. The highest BCUT2D eigenvalue weighted by atomic mass is 16.5. The van der Waals surface area contributed by atoms with E-state index >= 15 is 0 Å². The number of amides is 1. The van der Waals surface area contributed by atoms with Crippen molar-refractivity contribution in [3.63, 3.8) is 0 Å². The summed E-state index contributed by atoms with van der Waals surface area (Å²) in [6, 6.07) is 16.7. The molecular formula is C23H27N3O3. The number of hydrogen-bond donors (Lipinski definition) is 2. The number of fused-ring (bicyclic) bond motifs is 1. The molecule has 2 aromatic carbocycles. The van der Waals surface area contributed by atoms with Gasteiger partial charge in [-0.25, -0.2) is 4.79 Å². The molecule has 0 radical (unpaired) electrons. The summed E-state index contributed by atoms with van der Waals surface area (Å²) in [5, 5.41) is 13.4. The fourth-order valence-corrected chi connectivity index (χ4v) is 3.82. The zero-order valence-corrected chi connectivity index (χ0v) is 16.5. The average Bonchev–Trinajstić information content (AvgIpc) is 3.17. The predicted octanol–water partition coefficient (Wildman–Crippen LogP) is 3.70. The molecule has 1 aliphatic heterocycles. The Hall–Kier alpha value is -2.99. The second kappa shape index (κ2) is 9.01. The second-order valence-corrected chi connectivity index (χ2v) is 7.57.